The first-order chi connectivity index (χ1) is 12.0. The Hall–Kier alpha value is -1.46. The first kappa shape index (κ1) is 18.3. The van der Waals surface area contributed by atoms with Crippen LogP contribution in [0.4, 0.5) is 4.39 Å². The van der Waals surface area contributed by atoms with E-state index >= 15 is 0 Å². The summed E-state index contributed by atoms with van der Waals surface area (Å²) in [5.41, 5.74) is 1.26. The minimum Gasteiger partial charge on any atom is -0.381 e. The number of piperidine rings is 1. The van der Waals surface area contributed by atoms with Crippen LogP contribution in [0, 0.1) is 11.2 Å². The molecule has 2 fully saturated rings. The molecule has 1 amide bonds. The van der Waals surface area contributed by atoms with E-state index in [1.165, 1.54) is 12.1 Å². The summed E-state index contributed by atoms with van der Waals surface area (Å²) in [6.45, 7) is 6.14. The fourth-order valence-corrected chi connectivity index (χ4v) is 4.15. The molecule has 3 rings (SSSR count). The van der Waals surface area contributed by atoms with E-state index in [4.69, 9.17) is 4.74 Å². The predicted molar refractivity (Wildman–Crippen MR) is 95.6 cm³/mol. The molecule has 0 N–H and O–H groups in total. The fourth-order valence-electron chi connectivity index (χ4n) is 4.15. The largest absolute Gasteiger partial charge is 0.381 e. The van der Waals surface area contributed by atoms with Crippen LogP contribution in [0.5, 0.6) is 0 Å². The van der Waals surface area contributed by atoms with Crippen LogP contribution in [0.2, 0.25) is 0 Å². The van der Waals surface area contributed by atoms with Crippen molar-refractivity contribution in [3.63, 3.8) is 0 Å². The zero-order valence-corrected chi connectivity index (χ0v) is 15.3. The highest BCUT2D eigenvalue weighted by molar-refractivity contribution is 5.81. The van der Waals surface area contributed by atoms with E-state index in [2.05, 4.69) is 4.90 Å². The minimum atomic E-state index is -0.260. The average molecular weight is 348 g/mol. The number of nitrogens with zero attached hydrogens (tertiary/aromatic N) is 2. The van der Waals surface area contributed by atoms with E-state index in [1.54, 1.807) is 18.0 Å². The molecule has 2 heterocycles. The van der Waals surface area contributed by atoms with Gasteiger partial charge in [-0.05, 0) is 68.8 Å². The maximum atomic E-state index is 13.3. The summed E-state index contributed by atoms with van der Waals surface area (Å²) >= 11 is 0. The lowest BCUT2D eigenvalue weighted by molar-refractivity contribution is -0.137. The van der Waals surface area contributed by atoms with Gasteiger partial charge in [-0.3, -0.25) is 9.69 Å². The maximum Gasteiger partial charge on any atom is 0.239 e. The van der Waals surface area contributed by atoms with Crippen LogP contribution < -0.4 is 0 Å². The van der Waals surface area contributed by atoms with Crippen LogP contribution in [-0.2, 0) is 16.1 Å². The molecule has 1 atom stereocenters. The molecule has 5 heteroatoms. The van der Waals surface area contributed by atoms with Gasteiger partial charge in [0.05, 0.1) is 6.04 Å². The Labute approximate surface area is 149 Å². The maximum absolute atomic E-state index is 13.3. The van der Waals surface area contributed by atoms with E-state index < -0.39 is 0 Å². The topological polar surface area (TPSA) is 32.8 Å². The third-order valence-corrected chi connectivity index (χ3v) is 6.00. The van der Waals surface area contributed by atoms with Crippen LogP contribution in [0.1, 0.15) is 38.2 Å². The van der Waals surface area contributed by atoms with Gasteiger partial charge in [-0.2, -0.15) is 0 Å². The Bertz CT molecular complexity index is 591. The van der Waals surface area contributed by atoms with E-state index in [-0.39, 0.29) is 17.8 Å². The van der Waals surface area contributed by atoms with E-state index in [0.717, 1.165) is 57.6 Å². The Kier molecular flexibility index (Phi) is 5.74. The Morgan fingerprint density at radius 3 is 2.60 bits per heavy atom. The zero-order valence-electron chi connectivity index (χ0n) is 15.3. The lowest BCUT2D eigenvalue weighted by Crippen LogP contribution is -2.51. The van der Waals surface area contributed by atoms with Crippen LogP contribution in [0.15, 0.2) is 24.3 Å². The molecule has 0 aliphatic carbocycles. The smallest absolute Gasteiger partial charge is 0.239 e. The Morgan fingerprint density at radius 2 is 1.96 bits per heavy atom. The molecule has 0 radical (unpaired) electrons. The second-order valence-corrected chi connectivity index (χ2v) is 7.65. The standard InChI is InChI=1S/C20H29FN2O2/c1-16(19(24)22(2)15-17-4-3-5-18(21)14-17)23-10-6-20(7-11-23)8-12-25-13-9-20/h3-5,14,16H,6-13,15H2,1-2H3. The lowest BCUT2D eigenvalue weighted by atomic mass is 9.72. The van der Waals surface area contributed by atoms with E-state index in [1.807, 2.05) is 13.0 Å². The number of hydrogen-bond acceptors (Lipinski definition) is 3. The molecule has 0 bridgehead atoms. The minimum absolute atomic E-state index is 0.104. The third-order valence-electron chi connectivity index (χ3n) is 6.00. The van der Waals surface area contributed by atoms with Crippen LogP contribution in [0.25, 0.3) is 0 Å². The average Bonchev–Trinajstić information content (AvgIpc) is 2.62. The summed E-state index contributed by atoms with van der Waals surface area (Å²) in [6, 6.07) is 6.33. The SMILES string of the molecule is CC(C(=O)N(C)Cc1cccc(F)c1)N1CCC2(CCOCC2)CC1. The number of hydrogen-bond donors (Lipinski definition) is 0. The number of likely N-dealkylation sites (N-methyl/N-ethyl adjacent to an activating group) is 1. The van der Waals surface area contributed by atoms with Crippen molar-refractivity contribution in [2.45, 2.75) is 45.2 Å². The van der Waals surface area contributed by atoms with Crippen molar-refractivity contribution in [1.29, 1.82) is 0 Å². The molecule has 1 aromatic rings. The number of amides is 1. The molecule has 4 nitrogen and oxygen atoms in total. The summed E-state index contributed by atoms with van der Waals surface area (Å²) < 4.78 is 18.8. The fraction of sp³-hybridized carbons (Fsp3) is 0.650. The molecular formula is C20H29FN2O2. The molecule has 1 spiro atoms. The first-order valence-corrected chi connectivity index (χ1v) is 9.30. The van der Waals surface area contributed by atoms with Crippen LogP contribution >= 0.6 is 0 Å². The number of carbonyl (C=O) groups excluding carboxylic acids is 1. The van der Waals surface area contributed by atoms with Crippen molar-refractivity contribution in [3.8, 4) is 0 Å². The molecule has 0 aromatic heterocycles. The zero-order chi connectivity index (χ0) is 17.9. The summed E-state index contributed by atoms with van der Waals surface area (Å²) in [5.74, 6) is -0.156. The monoisotopic (exact) mass is 348 g/mol. The van der Waals surface area contributed by atoms with Crippen molar-refractivity contribution in [3.05, 3.63) is 35.6 Å². The molecule has 138 valence electrons. The van der Waals surface area contributed by atoms with Crippen molar-refractivity contribution in [2.75, 3.05) is 33.4 Å². The Balaban J connectivity index is 1.53. The second kappa shape index (κ2) is 7.83. The van der Waals surface area contributed by atoms with Gasteiger partial charge in [-0.1, -0.05) is 12.1 Å². The van der Waals surface area contributed by atoms with Crippen molar-refractivity contribution in [1.82, 2.24) is 9.80 Å². The number of likely N-dealkylation sites (tertiary alicyclic amines) is 1. The van der Waals surface area contributed by atoms with Crippen LogP contribution in [0.3, 0.4) is 0 Å². The van der Waals surface area contributed by atoms with Gasteiger partial charge in [0.15, 0.2) is 0 Å². The number of halogens is 1. The predicted octanol–water partition coefficient (Wildman–Crippen LogP) is 3.07. The van der Waals surface area contributed by atoms with E-state index in [9.17, 15) is 9.18 Å². The van der Waals surface area contributed by atoms with Gasteiger partial charge in [0.25, 0.3) is 0 Å². The van der Waals surface area contributed by atoms with Crippen molar-refractivity contribution < 1.29 is 13.9 Å². The molecular weight excluding hydrogens is 319 g/mol. The van der Waals surface area contributed by atoms with Gasteiger partial charge in [0.2, 0.25) is 5.91 Å². The number of rotatable bonds is 4. The highest BCUT2D eigenvalue weighted by Crippen LogP contribution is 2.40. The molecule has 0 saturated carbocycles. The molecule has 2 saturated heterocycles. The quantitative estimate of drug-likeness (QED) is 0.838. The number of carbonyl (C=O) groups is 1. The first-order valence-electron chi connectivity index (χ1n) is 9.30. The summed E-state index contributed by atoms with van der Waals surface area (Å²) in [6.07, 6.45) is 4.62. The highest BCUT2D eigenvalue weighted by atomic mass is 19.1. The Morgan fingerprint density at radius 1 is 1.28 bits per heavy atom. The molecule has 2 aliphatic heterocycles. The van der Waals surface area contributed by atoms with Gasteiger partial charge >= 0.3 is 0 Å². The molecule has 1 aromatic carbocycles. The number of ether oxygens (including phenoxy) is 1. The molecule has 25 heavy (non-hydrogen) atoms. The summed E-state index contributed by atoms with van der Waals surface area (Å²) in [7, 11) is 1.80. The third kappa shape index (κ3) is 4.39. The summed E-state index contributed by atoms with van der Waals surface area (Å²) in [5, 5.41) is 0. The van der Waals surface area contributed by atoms with Crippen molar-refractivity contribution >= 4 is 5.91 Å². The van der Waals surface area contributed by atoms with Gasteiger partial charge in [-0.15, -0.1) is 0 Å². The lowest BCUT2D eigenvalue weighted by Gasteiger charge is -2.45. The van der Waals surface area contributed by atoms with Gasteiger partial charge in [0, 0.05) is 26.8 Å². The molecule has 1 unspecified atom stereocenters. The second-order valence-electron chi connectivity index (χ2n) is 7.65. The van der Waals surface area contributed by atoms with Crippen LogP contribution in [-0.4, -0.2) is 55.1 Å². The van der Waals surface area contributed by atoms with Crippen molar-refractivity contribution in [2.24, 2.45) is 5.41 Å². The number of benzene rings is 1. The van der Waals surface area contributed by atoms with E-state index in [0.29, 0.717) is 12.0 Å². The van der Waals surface area contributed by atoms with Gasteiger partial charge in [0.1, 0.15) is 5.82 Å². The normalized spacial score (nSPS) is 21.9. The van der Waals surface area contributed by atoms with Gasteiger partial charge in [-0.25, -0.2) is 4.39 Å². The highest BCUT2D eigenvalue weighted by Gasteiger charge is 2.38. The molecule has 2 aliphatic rings. The van der Waals surface area contributed by atoms with Gasteiger partial charge < -0.3 is 9.64 Å². The summed E-state index contributed by atoms with van der Waals surface area (Å²) in [4.78, 5) is 16.8.